The topological polar surface area (TPSA) is 67.2 Å². The molecule has 4 heteroatoms. The lowest BCUT2D eigenvalue weighted by atomic mass is 9.97. The van der Waals surface area contributed by atoms with Crippen LogP contribution in [-0.4, -0.2) is 24.6 Å². The molecule has 0 heterocycles. The molecule has 1 N–H and O–H groups in total. The van der Waals surface area contributed by atoms with E-state index >= 15 is 0 Å². The van der Waals surface area contributed by atoms with Crippen LogP contribution in [0.2, 0.25) is 0 Å². The van der Waals surface area contributed by atoms with Crippen LogP contribution in [-0.2, 0) is 14.3 Å². The van der Waals surface area contributed by atoms with Crippen molar-refractivity contribution in [3.8, 4) is 0 Å². The van der Waals surface area contributed by atoms with E-state index in [2.05, 4.69) is 11.7 Å². The minimum absolute atomic E-state index is 0.0901. The summed E-state index contributed by atoms with van der Waals surface area (Å²) in [5.41, 5.74) is -0.152. The van der Waals surface area contributed by atoms with Gasteiger partial charge in [0.2, 0.25) is 0 Å². The number of hydrogen-bond acceptors (Lipinski definition) is 4. The zero-order valence-electron chi connectivity index (χ0n) is 11.7. The summed E-state index contributed by atoms with van der Waals surface area (Å²) in [6, 6.07) is 0. The molecule has 0 aromatic heterocycles. The lowest BCUT2D eigenvalue weighted by Crippen LogP contribution is -2.25. The molecule has 0 bridgehead atoms. The molecule has 0 saturated carbocycles. The number of ketones is 1. The first-order valence-corrected chi connectivity index (χ1v) is 6.37. The van der Waals surface area contributed by atoms with Gasteiger partial charge in [0.15, 0.2) is 5.78 Å². The smallest absolute Gasteiger partial charge is 0.339 e. The number of esters is 1. The van der Waals surface area contributed by atoms with Crippen LogP contribution < -0.4 is 0 Å². The third-order valence-corrected chi connectivity index (χ3v) is 2.60. The molecule has 0 aliphatic carbocycles. The Balaban J connectivity index is 4.83. The minimum atomic E-state index is -0.606. The van der Waals surface area contributed by atoms with Crippen molar-refractivity contribution in [1.82, 2.24) is 0 Å². The van der Waals surface area contributed by atoms with Gasteiger partial charge in [0.25, 0.3) is 0 Å². The van der Waals surface area contributed by atoms with Gasteiger partial charge in [0.05, 0.1) is 12.7 Å². The molecule has 0 fully saturated rings. The highest BCUT2D eigenvalue weighted by Crippen LogP contribution is 2.10. The highest BCUT2D eigenvalue weighted by atomic mass is 16.5. The summed E-state index contributed by atoms with van der Waals surface area (Å²) in [6.07, 6.45) is 5.43. The summed E-state index contributed by atoms with van der Waals surface area (Å²) >= 11 is 0. The summed E-state index contributed by atoms with van der Waals surface area (Å²) in [6.45, 7) is 5.51. The fourth-order valence-electron chi connectivity index (χ4n) is 1.46. The Bertz CT molecular complexity index is 343. The maximum absolute atomic E-state index is 11.7. The second-order valence-electron chi connectivity index (χ2n) is 4.50. The number of carbonyl (C=O) groups is 2. The van der Waals surface area contributed by atoms with Gasteiger partial charge in [-0.2, -0.15) is 0 Å². The maximum Gasteiger partial charge on any atom is 0.339 e. The van der Waals surface area contributed by atoms with E-state index in [1.165, 1.54) is 7.11 Å². The van der Waals surface area contributed by atoms with Gasteiger partial charge in [0.1, 0.15) is 5.71 Å². The van der Waals surface area contributed by atoms with E-state index in [4.69, 9.17) is 5.41 Å². The van der Waals surface area contributed by atoms with Crippen LogP contribution >= 0.6 is 0 Å². The standard InChI is InChI=1S/C14H23NO3/c1-5-6-7-8-9-11(14(17)18-4)12(15)13(16)10(2)3/h9-10,15H,5-8H2,1-4H3/b11-9+,15-12?. The maximum atomic E-state index is 11.7. The highest BCUT2D eigenvalue weighted by Gasteiger charge is 2.23. The molecule has 0 atom stereocenters. The van der Waals surface area contributed by atoms with Gasteiger partial charge in [0, 0.05) is 5.92 Å². The molecule has 18 heavy (non-hydrogen) atoms. The normalized spacial score (nSPS) is 11.5. The second kappa shape index (κ2) is 8.61. The van der Waals surface area contributed by atoms with E-state index in [1.54, 1.807) is 19.9 Å². The number of Topliss-reactive ketones (excluding diaryl/α,β-unsaturated/α-hetero) is 1. The third kappa shape index (κ3) is 5.25. The zero-order valence-corrected chi connectivity index (χ0v) is 11.7. The SMILES string of the molecule is CCCCC/C=C(\C(=N)C(=O)C(C)C)C(=O)OC. The fourth-order valence-corrected chi connectivity index (χ4v) is 1.46. The predicted octanol–water partition coefficient (Wildman–Crippen LogP) is 2.91. The van der Waals surface area contributed by atoms with Crippen LogP contribution in [0, 0.1) is 11.3 Å². The molecule has 0 aromatic carbocycles. The molecule has 0 radical (unpaired) electrons. The van der Waals surface area contributed by atoms with E-state index in [1.807, 2.05) is 0 Å². The minimum Gasteiger partial charge on any atom is -0.465 e. The molecule has 0 aliphatic rings. The van der Waals surface area contributed by atoms with Gasteiger partial charge in [-0.15, -0.1) is 0 Å². The summed E-state index contributed by atoms with van der Waals surface area (Å²) in [4.78, 5) is 23.3. The fraction of sp³-hybridized carbons (Fsp3) is 0.643. The first-order chi connectivity index (χ1) is 8.45. The van der Waals surface area contributed by atoms with Crippen LogP contribution in [0.1, 0.15) is 46.5 Å². The predicted molar refractivity (Wildman–Crippen MR) is 71.8 cm³/mol. The molecule has 102 valence electrons. The molecular weight excluding hydrogens is 230 g/mol. The van der Waals surface area contributed by atoms with Crippen molar-refractivity contribution in [2.75, 3.05) is 7.11 Å². The van der Waals surface area contributed by atoms with Gasteiger partial charge >= 0.3 is 5.97 Å². The zero-order chi connectivity index (χ0) is 14.1. The lowest BCUT2D eigenvalue weighted by Gasteiger charge is -2.08. The van der Waals surface area contributed by atoms with Crippen molar-refractivity contribution in [2.45, 2.75) is 46.5 Å². The Hall–Kier alpha value is -1.45. The Morgan fingerprint density at radius 1 is 1.28 bits per heavy atom. The molecule has 0 spiro atoms. The van der Waals surface area contributed by atoms with Crippen LogP contribution in [0.5, 0.6) is 0 Å². The average Bonchev–Trinajstić information content (AvgIpc) is 2.36. The number of unbranched alkanes of at least 4 members (excludes halogenated alkanes) is 3. The van der Waals surface area contributed by atoms with E-state index in [0.29, 0.717) is 6.42 Å². The first-order valence-electron chi connectivity index (χ1n) is 6.37. The van der Waals surface area contributed by atoms with Crippen LogP contribution in [0.15, 0.2) is 11.6 Å². The van der Waals surface area contributed by atoms with Crippen molar-refractivity contribution < 1.29 is 14.3 Å². The van der Waals surface area contributed by atoms with Crippen LogP contribution in [0.4, 0.5) is 0 Å². The number of nitrogens with one attached hydrogen (secondary N) is 1. The molecule has 4 nitrogen and oxygen atoms in total. The number of rotatable bonds is 8. The van der Waals surface area contributed by atoms with Crippen molar-refractivity contribution in [2.24, 2.45) is 5.92 Å². The molecule has 0 amide bonds. The summed E-state index contributed by atoms with van der Waals surface area (Å²) in [5.74, 6) is -1.23. The van der Waals surface area contributed by atoms with Crippen LogP contribution in [0.3, 0.4) is 0 Å². The van der Waals surface area contributed by atoms with Gasteiger partial charge < -0.3 is 4.74 Å². The summed E-state index contributed by atoms with van der Waals surface area (Å²) in [7, 11) is 1.26. The van der Waals surface area contributed by atoms with Gasteiger partial charge in [-0.25, -0.2) is 4.79 Å². The van der Waals surface area contributed by atoms with E-state index in [0.717, 1.165) is 19.3 Å². The molecule has 0 unspecified atom stereocenters. The molecule has 0 rings (SSSR count). The number of methoxy groups -OCH3 is 1. The average molecular weight is 253 g/mol. The molecular formula is C14H23NO3. The molecule has 0 aliphatic heterocycles. The Morgan fingerprint density at radius 3 is 2.33 bits per heavy atom. The summed E-state index contributed by atoms with van der Waals surface area (Å²) in [5, 5.41) is 7.78. The van der Waals surface area contributed by atoms with E-state index in [9.17, 15) is 9.59 Å². The first kappa shape index (κ1) is 16.6. The Morgan fingerprint density at radius 2 is 1.89 bits per heavy atom. The largest absolute Gasteiger partial charge is 0.465 e. The number of hydrogen-bond donors (Lipinski definition) is 1. The number of carbonyl (C=O) groups excluding carboxylic acids is 2. The third-order valence-electron chi connectivity index (χ3n) is 2.60. The Labute approximate surface area is 109 Å². The van der Waals surface area contributed by atoms with E-state index in [-0.39, 0.29) is 23.0 Å². The summed E-state index contributed by atoms with van der Waals surface area (Å²) < 4.78 is 4.62. The van der Waals surface area contributed by atoms with E-state index < -0.39 is 5.97 Å². The van der Waals surface area contributed by atoms with Crippen LogP contribution in [0.25, 0.3) is 0 Å². The number of allylic oxidation sites excluding steroid dienone is 1. The van der Waals surface area contributed by atoms with Gasteiger partial charge in [-0.1, -0.05) is 39.7 Å². The molecule has 0 aromatic rings. The van der Waals surface area contributed by atoms with Gasteiger partial charge in [-0.05, 0) is 12.8 Å². The van der Waals surface area contributed by atoms with Crippen molar-refractivity contribution in [3.63, 3.8) is 0 Å². The Kier molecular flexibility index (Phi) is 7.92. The second-order valence-corrected chi connectivity index (χ2v) is 4.50. The van der Waals surface area contributed by atoms with Crippen molar-refractivity contribution in [3.05, 3.63) is 11.6 Å². The van der Waals surface area contributed by atoms with Crippen molar-refractivity contribution >= 4 is 17.5 Å². The molecule has 0 saturated heterocycles. The van der Waals surface area contributed by atoms with Gasteiger partial charge in [-0.3, -0.25) is 10.2 Å². The quantitative estimate of drug-likeness (QED) is 0.313. The monoisotopic (exact) mass is 253 g/mol. The number of ether oxygens (including phenoxy) is 1. The highest BCUT2D eigenvalue weighted by molar-refractivity contribution is 6.50. The lowest BCUT2D eigenvalue weighted by molar-refractivity contribution is -0.135. The van der Waals surface area contributed by atoms with Crippen molar-refractivity contribution in [1.29, 1.82) is 5.41 Å².